The molecule has 4 nitrogen and oxygen atoms in total. The van der Waals surface area contributed by atoms with Gasteiger partial charge in [-0.3, -0.25) is 4.79 Å². The van der Waals surface area contributed by atoms with Gasteiger partial charge < -0.3 is 14.8 Å². The van der Waals surface area contributed by atoms with Crippen molar-refractivity contribution in [1.29, 1.82) is 0 Å². The second-order valence-corrected chi connectivity index (χ2v) is 7.51. The highest BCUT2D eigenvalue weighted by molar-refractivity contribution is 5.78. The Bertz CT molecular complexity index is 791. The molecule has 0 spiro atoms. The van der Waals surface area contributed by atoms with Crippen LogP contribution in [0.4, 0.5) is 0 Å². The van der Waals surface area contributed by atoms with Gasteiger partial charge in [-0.05, 0) is 85.7 Å². The molecule has 0 radical (unpaired) electrons. The Balaban J connectivity index is 2.06. The third-order valence-electron chi connectivity index (χ3n) is 4.65. The van der Waals surface area contributed by atoms with Crippen LogP contribution in [0, 0.1) is 20.8 Å². The summed E-state index contributed by atoms with van der Waals surface area (Å²) in [5.74, 6) is 1.82. The van der Waals surface area contributed by atoms with Crippen LogP contribution in [-0.2, 0) is 4.79 Å². The number of carbonyl (C=O) groups excluding carboxylic acids is 1. The van der Waals surface area contributed by atoms with E-state index in [0.29, 0.717) is 5.92 Å². The third kappa shape index (κ3) is 5.49. The summed E-state index contributed by atoms with van der Waals surface area (Å²) in [6.07, 6.45) is 0. The first-order valence-electron chi connectivity index (χ1n) is 9.40. The maximum absolute atomic E-state index is 12.4. The standard InChI is InChI=1S/C23H31NO3/c1-14(2)20-12-21(17(5)11-22(20)26-7)18(6)24-23(25)13-27-19-9-15(3)8-16(4)10-19/h8-12,14,18H,13H2,1-7H3,(H,24,25)/t18-/m0/s1. The summed E-state index contributed by atoms with van der Waals surface area (Å²) < 4.78 is 11.2. The van der Waals surface area contributed by atoms with Crippen LogP contribution < -0.4 is 14.8 Å². The van der Waals surface area contributed by atoms with Crippen LogP contribution in [0.5, 0.6) is 11.5 Å². The molecule has 0 aliphatic carbocycles. The van der Waals surface area contributed by atoms with Gasteiger partial charge in [0.15, 0.2) is 6.61 Å². The number of hydrogen-bond donors (Lipinski definition) is 1. The summed E-state index contributed by atoms with van der Waals surface area (Å²) in [6.45, 7) is 12.3. The van der Waals surface area contributed by atoms with E-state index in [0.717, 1.165) is 39.3 Å². The largest absolute Gasteiger partial charge is 0.496 e. The smallest absolute Gasteiger partial charge is 0.258 e. The average Bonchev–Trinajstić information content (AvgIpc) is 2.58. The second-order valence-electron chi connectivity index (χ2n) is 7.51. The lowest BCUT2D eigenvalue weighted by Crippen LogP contribution is -2.31. The lowest BCUT2D eigenvalue weighted by atomic mass is 9.93. The molecule has 0 aromatic heterocycles. The highest BCUT2D eigenvalue weighted by Crippen LogP contribution is 2.32. The molecule has 0 saturated heterocycles. The first kappa shape index (κ1) is 20.8. The Kier molecular flexibility index (Phi) is 6.89. The van der Waals surface area contributed by atoms with E-state index < -0.39 is 0 Å². The van der Waals surface area contributed by atoms with Crippen molar-refractivity contribution in [1.82, 2.24) is 5.32 Å². The minimum absolute atomic E-state index is 0.000522. The van der Waals surface area contributed by atoms with Crippen molar-refractivity contribution >= 4 is 5.91 Å². The van der Waals surface area contributed by atoms with Crippen molar-refractivity contribution < 1.29 is 14.3 Å². The van der Waals surface area contributed by atoms with E-state index in [-0.39, 0.29) is 18.6 Å². The van der Waals surface area contributed by atoms with E-state index >= 15 is 0 Å². The van der Waals surface area contributed by atoms with Crippen LogP contribution >= 0.6 is 0 Å². The number of ether oxygens (including phenoxy) is 2. The Morgan fingerprint density at radius 1 is 0.963 bits per heavy atom. The van der Waals surface area contributed by atoms with Gasteiger partial charge in [0.2, 0.25) is 0 Å². The summed E-state index contributed by atoms with van der Waals surface area (Å²) in [5, 5.41) is 3.04. The molecule has 1 amide bonds. The van der Waals surface area contributed by atoms with E-state index in [1.165, 1.54) is 0 Å². The zero-order valence-corrected chi connectivity index (χ0v) is 17.5. The van der Waals surface area contributed by atoms with Gasteiger partial charge in [0.05, 0.1) is 13.2 Å². The number of nitrogens with one attached hydrogen (secondary N) is 1. The van der Waals surface area contributed by atoms with Crippen LogP contribution in [-0.4, -0.2) is 19.6 Å². The number of benzene rings is 2. The zero-order chi connectivity index (χ0) is 20.1. The number of carbonyl (C=O) groups is 1. The van der Waals surface area contributed by atoms with Crippen LogP contribution in [0.25, 0.3) is 0 Å². The molecular formula is C23H31NO3. The number of amides is 1. The quantitative estimate of drug-likeness (QED) is 0.747. The Morgan fingerprint density at radius 2 is 1.59 bits per heavy atom. The van der Waals surface area contributed by atoms with Gasteiger partial charge in [-0.15, -0.1) is 0 Å². The Labute approximate surface area is 162 Å². The van der Waals surface area contributed by atoms with Crippen LogP contribution in [0.15, 0.2) is 30.3 Å². The summed E-state index contributed by atoms with van der Waals surface area (Å²) in [5.41, 5.74) is 5.58. The molecule has 0 unspecified atom stereocenters. The highest BCUT2D eigenvalue weighted by atomic mass is 16.5. The van der Waals surface area contributed by atoms with Gasteiger partial charge in [-0.1, -0.05) is 19.9 Å². The normalized spacial score (nSPS) is 12.0. The molecular weight excluding hydrogens is 338 g/mol. The predicted molar refractivity (Wildman–Crippen MR) is 110 cm³/mol. The molecule has 0 aliphatic rings. The lowest BCUT2D eigenvalue weighted by Gasteiger charge is -2.21. The molecule has 146 valence electrons. The fraction of sp³-hybridized carbons (Fsp3) is 0.435. The molecule has 0 fully saturated rings. The summed E-state index contributed by atoms with van der Waals surface area (Å²) in [6, 6.07) is 10.0. The van der Waals surface area contributed by atoms with E-state index in [9.17, 15) is 4.79 Å². The number of rotatable bonds is 7. The van der Waals surface area contributed by atoms with Gasteiger partial charge in [-0.2, -0.15) is 0 Å². The highest BCUT2D eigenvalue weighted by Gasteiger charge is 2.17. The van der Waals surface area contributed by atoms with Crippen molar-refractivity contribution in [3.05, 3.63) is 58.1 Å². The van der Waals surface area contributed by atoms with Crippen LogP contribution in [0.2, 0.25) is 0 Å². The molecule has 2 rings (SSSR count). The fourth-order valence-corrected chi connectivity index (χ4v) is 3.34. The monoisotopic (exact) mass is 369 g/mol. The van der Waals surface area contributed by atoms with Gasteiger partial charge in [-0.25, -0.2) is 0 Å². The van der Waals surface area contributed by atoms with Crippen molar-refractivity contribution in [2.24, 2.45) is 0 Å². The van der Waals surface area contributed by atoms with Crippen LogP contribution in [0.1, 0.15) is 60.5 Å². The minimum Gasteiger partial charge on any atom is -0.496 e. The SMILES string of the molecule is COc1cc(C)c([C@H](C)NC(=O)COc2cc(C)cc(C)c2)cc1C(C)C. The predicted octanol–water partition coefficient (Wildman–Crippen LogP) is 5.00. The number of aryl methyl sites for hydroxylation is 3. The van der Waals surface area contributed by atoms with E-state index in [2.05, 4.69) is 31.3 Å². The van der Waals surface area contributed by atoms with Gasteiger partial charge in [0.25, 0.3) is 5.91 Å². The minimum atomic E-state index is -0.136. The van der Waals surface area contributed by atoms with Crippen molar-refractivity contribution in [2.75, 3.05) is 13.7 Å². The van der Waals surface area contributed by atoms with Gasteiger partial charge >= 0.3 is 0 Å². The molecule has 1 atom stereocenters. The molecule has 0 bridgehead atoms. The molecule has 0 aliphatic heterocycles. The number of hydrogen-bond acceptors (Lipinski definition) is 3. The summed E-state index contributed by atoms with van der Waals surface area (Å²) >= 11 is 0. The van der Waals surface area contributed by atoms with Gasteiger partial charge in [0.1, 0.15) is 11.5 Å². The topological polar surface area (TPSA) is 47.6 Å². The summed E-state index contributed by atoms with van der Waals surface area (Å²) in [7, 11) is 1.69. The van der Waals surface area contributed by atoms with E-state index in [1.807, 2.05) is 45.9 Å². The molecule has 0 heterocycles. The first-order valence-corrected chi connectivity index (χ1v) is 9.40. The molecule has 1 N–H and O–H groups in total. The first-order chi connectivity index (χ1) is 12.7. The molecule has 2 aromatic carbocycles. The lowest BCUT2D eigenvalue weighted by molar-refractivity contribution is -0.123. The number of methoxy groups -OCH3 is 1. The Morgan fingerprint density at radius 3 is 2.15 bits per heavy atom. The van der Waals surface area contributed by atoms with E-state index in [4.69, 9.17) is 9.47 Å². The van der Waals surface area contributed by atoms with E-state index in [1.54, 1.807) is 7.11 Å². The van der Waals surface area contributed by atoms with Crippen molar-refractivity contribution in [3.8, 4) is 11.5 Å². The second kappa shape index (κ2) is 8.94. The molecule has 4 heteroatoms. The summed E-state index contributed by atoms with van der Waals surface area (Å²) in [4.78, 5) is 12.4. The maximum Gasteiger partial charge on any atom is 0.258 e. The molecule has 27 heavy (non-hydrogen) atoms. The molecule has 0 saturated carbocycles. The average molecular weight is 370 g/mol. The van der Waals surface area contributed by atoms with Crippen molar-refractivity contribution in [3.63, 3.8) is 0 Å². The molecule has 2 aromatic rings. The maximum atomic E-state index is 12.4. The Hall–Kier alpha value is -2.49. The third-order valence-corrected chi connectivity index (χ3v) is 4.65. The van der Waals surface area contributed by atoms with Crippen molar-refractivity contribution in [2.45, 2.75) is 53.5 Å². The fourth-order valence-electron chi connectivity index (χ4n) is 3.34. The van der Waals surface area contributed by atoms with Gasteiger partial charge in [0, 0.05) is 0 Å². The zero-order valence-electron chi connectivity index (χ0n) is 17.5. The van der Waals surface area contributed by atoms with Crippen LogP contribution in [0.3, 0.4) is 0 Å².